The minimum absolute atomic E-state index is 0.276. The SMILES string of the molecule is Cc1nn(-c2ccccc2)c(C)c1C(=O)Nc1cnn(C)c1C(=O)NCC(C)C. The molecular formula is C21H26N6O2. The second-order valence-electron chi connectivity index (χ2n) is 7.38. The predicted molar refractivity (Wildman–Crippen MR) is 111 cm³/mol. The molecule has 2 heterocycles. The summed E-state index contributed by atoms with van der Waals surface area (Å²) in [5.41, 5.74) is 3.36. The zero-order chi connectivity index (χ0) is 21.1. The van der Waals surface area contributed by atoms with Crippen LogP contribution in [0.1, 0.15) is 46.1 Å². The van der Waals surface area contributed by atoms with E-state index in [4.69, 9.17) is 0 Å². The van der Waals surface area contributed by atoms with Crippen LogP contribution in [-0.2, 0) is 7.05 Å². The molecule has 29 heavy (non-hydrogen) atoms. The van der Waals surface area contributed by atoms with Crippen molar-refractivity contribution in [2.24, 2.45) is 13.0 Å². The van der Waals surface area contributed by atoms with Gasteiger partial charge in [-0.1, -0.05) is 32.0 Å². The van der Waals surface area contributed by atoms with E-state index in [1.807, 2.05) is 51.1 Å². The lowest BCUT2D eigenvalue weighted by molar-refractivity contribution is 0.0940. The average Bonchev–Trinajstić information content (AvgIpc) is 3.19. The Morgan fingerprint density at radius 1 is 1.10 bits per heavy atom. The van der Waals surface area contributed by atoms with Crippen molar-refractivity contribution < 1.29 is 9.59 Å². The van der Waals surface area contributed by atoms with Gasteiger partial charge in [0, 0.05) is 13.6 Å². The van der Waals surface area contributed by atoms with Gasteiger partial charge >= 0.3 is 0 Å². The first-order valence-electron chi connectivity index (χ1n) is 9.52. The summed E-state index contributed by atoms with van der Waals surface area (Å²) in [7, 11) is 1.67. The van der Waals surface area contributed by atoms with Crippen LogP contribution in [0.4, 0.5) is 5.69 Å². The third-order valence-corrected chi connectivity index (χ3v) is 4.59. The first kappa shape index (κ1) is 20.3. The molecule has 0 radical (unpaired) electrons. The van der Waals surface area contributed by atoms with Crippen molar-refractivity contribution in [3.8, 4) is 5.69 Å². The van der Waals surface area contributed by atoms with Gasteiger partial charge in [0.05, 0.1) is 34.5 Å². The number of amides is 2. The highest BCUT2D eigenvalue weighted by Gasteiger charge is 2.23. The number of carbonyl (C=O) groups excluding carboxylic acids is 2. The van der Waals surface area contributed by atoms with Gasteiger partial charge in [0.15, 0.2) is 0 Å². The molecule has 0 aliphatic rings. The Morgan fingerprint density at radius 2 is 1.79 bits per heavy atom. The van der Waals surface area contributed by atoms with Crippen molar-refractivity contribution in [3.05, 3.63) is 59.2 Å². The van der Waals surface area contributed by atoms with Crippen molar-refractivity contribution in [1.29, 1.82) is 0 Å². The fourth-order valence-corrected chi connectivity index (χ4v) is 3.16. The lowest BCUT2D eigenvalue weighted by Crippen LogP contribution is -2.30. The molecule has 0 bridgehead atoms. The van der Waals surface area contributed by atoms with E-state index in [1.54, 1.807) is 18.7 Å². The van der Waals surface area contributed by atoms with Gasteiger partial charge in [0.1, 0.15) is 5.69 Å². The maximum Gasteiger partial charge on any atom is 0.271 e. The van der Waals surface area contributed by atoms with Crippen LogP contribution in [0.5, 0.6) is 0 Å². The van der Waals surface area contributed by atoms with Crippen LogP contribution in [0, 0.1) is 19.8 Å². The minimum atomic E-state index is -0.326. The highest BCUT2D eigenvalue weighted by molar-refractivity contribution is 6.09. The number of carbonyl (C=O) groups is 2. The van der Waals surface area contributed by atoms with Crippen LogP contribution < -0.4 is 10.6 Å². The molecule has 0 unspecified atom stereocenters. The Labute approximate surface area is 169 Å². The molecule has 0 aliphatic carbocycles. The van der Waals surface area contributed by atoms with E-state index < -0.39 is 0 Å². The lowest BCUT2D eigenvalue weighted by Gasteiger charge is -2.10. The number of aromatic nitrogens is 4. The second kappa shape index (κ2) is 8.30. The second-order valence-corrected chi connectivity index (χ2v) is 7.38. The topological polar surface area (TPSA) is 93.8 Å². The number of para-hydroxylation sites is 1. The predicted octanol–water partition coefficient (Wildman–Crippen LogP) is 2.86. The summed E-state index contributed by atoms with van der Waals surface area (Å²) >= 11 is 0. The minimum Gasteiger partial charge on any atom is -0.350 e. The molecule has 3 aromatic rings. The average molecular weight is 394 g/mol. The van der Waals surface area contributed by atoms with Gasteiger partial charge in [-0.2, -0.15) is 10.2 Å². The fraction of sp³-hybridized carbons (Fsp3) is 0.333. The van der Waals surface area contributed by atoms with E-state index >= 15 is 0 Å². The molecule has 0 saturated heterocycles. The molecule has 3 rings (SSSR count). The normalized spacial score (nSPS) is 11.0. The standard InChI is InChI=1S/C21H26N6O2/c1-13(2)11-22-21(29)19-17(12-23-26(19)5)24-20(28)18-14(3)25-27(15(18)4)16-9-7-6-8-10-16/h6-10,12-13H,11H2,1-5H3,(H,22,29)(H,24,28). The number of aryl methyl sites for hydroxylation is 2. The third kappa shape index (κ3) is 4.21. The van der Waals surface area contributed by atoms with E-state index in [0.29, 0.717) is 35.1 Å². The molecule has 2 amide bonds. The molecule has 8 nitrogen and oxygen atoms in total. The Bertz CT molecular complexity index is 1030. The summed E-state index contributed by atoms with van der Waals surface area (Å²) < 4.78 is 3.20. The van der Waals surface area contributed by atoms with E-state index in [-0.39, 0.29) is 11.8 Å². The van der Waals surface area contributed by atoms with E-state index in [9.17, 15) is 9.59 Å². The molecule has 0 aliphatic heterocycles. The summed E-state index contributed by atoms with van der Waals surface area (Å²) in [4.78, 5) is 25.6. The highest BCUT2D eigenvalue weighted by atomic mass is 16.2. The van der Waals surface area contributed by atoms with E-state index in [2.05, 4.69) is 20.8 Å². The third-order valence-electron chi connectivity index (χ3n) is 4.59. The fourth-order valence-electron chi connectivity index (χ4n) is 3.16. The number of hydrogen-bond acceptors (Lipinski definition) is 4. The monoisotopic (exact) mass is 394 g/mol. The number of anilines is 1. The summed E-state index contributed by atoms with van der Waals surface area (Å²) in [5.74, 6) is -0.283. The van der Waals surface area contributed by atoms with Crippen LogP contribution in [0.15, 0.2) is 36.5 Å². The highest BCUT2D eigenvalue weighted by Crippen LogP contribution is 2.21. The van der Waals surface area contributed by atoms with Gasteiger partial charge in [-0.3, -0.25) is 14.3 Å². The molecule has 152 valence electrons. The maximum absolute atomic E-state index is 13.0. The molecule has 8 heteroatoms. The molecule has 2 aromatic heterocycles. The number of nitrogens with one attached hydrogen (secondary N) is 2. The van der Waals surface area contributed by atoms with Crippen LogP contribution in [0.25, 0.3) is 5.69 Å². The quantitative estimate of drug-likeness (QED) is 0.672. The van der Waals surface area contributed by atoms with Crippen molar-refractivity contribution in [2.45, 2.75) is 27.7 Å². The molecule has 0 fully saturated rings. The Morgan fingerprint density at radius 3 is 2.45 bits per heavy atom. The Hall–Kier alpha value is -3.42. The number of rotatable bonds is 6. The van der Waals surface area contributed by atoms with Gasteiger partial charge in [0.2, 0.25) is 0 Å². The lowest BCUT2D eigenvalue weighted by atomic mass is 10.1. The molecule has 0 atom stereocenters. The van der Waals surface area contributed by atoms with Crippen LogP contribution in [0.2, 0.25) is 0 Å². The smallest absolute Gasteiger partial charge is 0.271 e. The van der Waals surface area contributed by atoms with Crippen molar-refractivity contribution >= 4 is 17.5 Å². The molecular weight excluding hydrogens is 368 g/mol. The van der Waals surface area contributed by atoms with E-state index in [1.165, 1.54) is 10.9 Å². The maximum atomic E-state index is 13.0. The van der Waals surface area contributed by atoms with Gasteiger partial charge in [-0.15, -0.1) is 0 Å². The number of nitrogens with zero attached hydrogens (tertiary/aromatic N) is 4. The Balaban J connectivity index is 1.87. The van der Waals surface area contributed by atoms with Crippen LogP contribution in [0.3, 0.4) is 0 Å². The first-order chi connectivity index (χ1) is 13.8. The molecule has 0 spiro atoms. The number of hydrogen-bond donors (Lipinski definition) is 2. The van der Waals surface area contributed by atoms with Gasteiger partial charge < -0.3 is 10.6 Å². The van der Waals surface area contributed by atoms with Gasteiger partial charge in [-0.25, -0.2) is 4.68 Å². The largest absolute Gasteiger partial charge is 0.350 e. The summed E-state index contributed by atoms with van der Waals surface area (Å²) in [6, 6.07) is 9.63. The van der Waals surface area contributed by atoms with Crippen molar-refractivity contribution in [1.82, 2.24) is 24.9 Å². The summed E-state index contributed by atoms with van der Waals surface area (Å²) in [5, 5.41) is 14.3. The summed E-state index contributed by atoms with van der Waals surface area (Å²) in [6.07, 6.45) is 1.48. The zero-order valence-corrected chi connectivity index (χ0v) is 17.4. The number of benzene rings is 1. The van der Waals surface area contributed by atoms with Crippen LogP contribution in [-0.4, -0.2) is 37.9 Å². The van der Waals surface area contributed by atoms with Crippen molar-refractivity contribution in [3.63, 3.8) is 0 Å². The molecule has 2 N–H and O–H groups in total. The molecule has 1 aromatic carbocycles. The molecule has 0 saturated carbocycles. The van der Waals surface area contributed by atoms with Crippen LogP contribution >= 0.6 is 0 Å². The Kier molecular flexibility index (Phi) is 5.81. The summed E-state index contributed by atoms with van der Waals surface area (Å²) in [6.45, 7) is 8.21. The van der Waals surface area contributed by atoms with Gasteiger partial charge in [0.25, 0.3) is 11.8 Å². The van der Waals surface area contributed by atoms with Gasteiger partial charge in [-0.05, 0) is 31.9 Å². The first-order valence-corrected chi connectivity index (χ1v) is 9.52. The van der Waals surface area contributed by atoms with Crippen molar-refractivity contribution in [2.75, 3.05) is 11.9 Å². The zero-order valence-electron chi connectivity index (χ0n) is 17.4. The van der Waals surface area contributed by atoms with E-state index in [0.717, 1.165) is 11.4 Å².